The number of thioether (sulfide) groups is 1. The van der Waals surface area contributed by atoms with Crippen LogP contribution in [0.25, 0.3) is 0 Å². The predicted molar refractivity (Wildman–Crippen MR) is 61.4 cm³/mol. The molecule has 2 N–H and O–H groups in total. The highest BCUT2D eigenvalue weighted by atomic mass is 32.2. The molecule has 0 saturated carbocycles. The van der Waals surface area contributed by atoms with E-state index in [0.717, 1.165) is 12.2 Å². The first-order chi connectivity index (χ1) is 6.57. The van der Waals surface area contributed by atoms with E-state index in [0.29, 0.717) is 18.9 Å². The number of carbonyl (C=O) groups excluding carboxylic acids is 1. The molecule has 0 aromatic carbocycles. The van der Waals surface area contributed by atoms with Crippen LogP contribution in [-0.4, -0.2) is 30.6 Å². The van der Waals surface area contributed by atoms with E-state index >= 15 is 0 Å². The summed E-state index contributed by atoms with van der Waals surface area (Å²) in [5.41, 5.74) is 5.63. The molecule has 0 aliphatic carbocycles. The van der Waals surface area contributed by atoms with Crippen LogP contribution in [0.5, 0.6) is 0 Å². The second-order valence-electron chi connectivity index (χ2n) is 3.74. The van der Waals surface area contributed by atoms with Gasteiger partial charge in [0, 0.05) is 0 Å². The van der Waals surface area contributed by atoms with E-state index in [2.05, 4.69) is 13.8 Å². The molecule has 0 aliphatic heterocycles. The highest BCUT2D eigenvalue weighted by molar-refractivity contribution is 7.98. The van der Waals surface area contributed by atoms with E-state index in [1.807, 2.05) is 6.26 Å². The van der Waals surface area contributed by atoms with Crippen LogP contribution < -0.4 is 5.73 Å². The zero-order valence-electron chi connectivity index (χ0n) is 9.29. The van der Waals surface area contributed by atoms with Crippen LogP contribution in [0.1, 0.15) is 26.7 Å². The summed E-state index contributed by atoms with van der Waals surface area (Å²) in [5, 5.41) is 0. The lowest BCUT2D eigenvalue weighted by atomic mass is 10.1. The molecule has 0 spiro atoms. The summed E-state index contributed by atoms with van der Waals surface area (Å²) in [6, 6.07) is -0.449. The Hall–Kier alpha value is -0.220. The third kappa shape index (κ3) is 7.21. The lowest BCUT2D eigenvalue weighted by Crippen LogP contribution is -2.33. The van der Waals surface area contributed by atoms with E-state index in [4.69, 9.17) is 10.5 Å². The fourth-order valence-electron chi connectivity index (χ4n) is 0.865. The molecule has 84 valence electrons. The van der Waals surface area contributed by atoms with Crippen molar-refractivity contribution < 1.29 is 9.53 Å². The standard InChI is InChI=1S/C10H21NO2S/c1-8(2)4-6-13-10(12)9(11)5-7-14-3/h8-9H,4-7,11H2,1-3H3/t9-/m0/s1. The smallest absolute Gasteiger partial charge is 0.322 e. The van der Waals surface area contributed by atoms with Gasteiger partial charge >= 0.3 is 5.97 Å². The molecule has 0 bridgehead atoms. The molecule has 0 heterocycles. The maximum Gasteiger partial charge on any atom is 0.322 e. The molecule has 14 heavy (non-hydrogen) atoms. The zero-order valence-corrected chi connectivity index (χ0v) is 10.1. The summed E-state index contributed by atoms with van der Waals surface area (Å²) in [7, 11) is 0. The SMILES string of the molecule is CSCC[C@H](N)C(=O)OCCC(C)C. The van der Waals surface area contributed by atoms with Crippen molar-refractivity contribution in [2.45, 2.75) is 32.7 Å². The molecule has 0 unspecified atom stereocenters. The fraction of sp³-hybridized carbons (Fsp3) is 0.900. The third-order valence-corrected chi connectivity index (χ3v) is 2.52. The summed E-state index contributed by atoms with van der Waals surface area (Å²) in [5.74, 6) is 1.20. The van der Waals surface area contributed by atoms with Crippen LogP contribution in [0, 0.1) is 5.92 Å². The van der Waals surface area contributed by atoms with Crippen LogP contribution in [0.3, 0.4) is 0 Å². The molecule has 3 nitrogen and oxygen atoms in total. The number of carbonyl (C=O) groups is 1. The molecule has 0 fully saturated rings. The van der Waals surface area contributed by atoms with E-state index in [9.17, 15) is 4.79 Å². The van der Waals surface area contributed by atoms with Gasteiger partial charge < -0.3 is 10.5 Å². The topological polar surface area (TPSA) is 52.3 Å². The van der Waals surface area contributed by atoms with E-state index < -0.39 is 6.04 Å². The molecule has 0 saturated heterocycles. The second kappa shape index (κ2) is 8.12. The maximum atomic E-state index is 11.3. The van der Waals surface area contributed by atoms with Crippen molar-refractivity contribution in [1.29, 1.82) is 0 Å². The molecular formula is C10H21NO2S. The van der Waals surface area contributed by atoms with Crippen LogP contribution in [-0.2, 0) is 9.53 Å². The summed E-state index contributed by atoms with van der Waals surface area (Å²) in [6.45, 7) is 4.69. The highest BCUT2D eigenvalue weighted by Gasteiger charge is 2.13. The third-order valence-electron chi connectivity index (χ3n) is 1.88. The first kappa shape index (κ1) is 13.8. The minimum absolute atomic E-state index is 0.264. The Balaban J connectivity index is 3.52. The normalized spacial score (nSPS) is 12.9. The van der Waals surface area contributed by atoms with Crippen LogP contribution in [0.15, 0.2) is 0 Å². The monoisotopic (exact) mass is 219 g/mol. The molecule has 0 amide bonds. The van der Waals surface area contributed by atoms with Crippen LogP contribution >= 0.6 is 11.8 Å². The number of hydrogen-bond donors (Lipinski definition) is 1. The Morgan fingerprint density at radius 2 is 2.07 bits per heavy atom. The Morgan fingerprint density at radius 3 is 2.57 bits per heavy atom. The molecule has 0 aromatic heterocycles. The minimum Gasteiger partial charge on any atom is -0.465 e. The number of hydrogen-bond acceptors (Lipinski definition) is 4. The van der Waals surface area contributed by atoms with Crippen molar-refractivity contribution in [2.75, 3.05) is 18.6 Å². The van der Waals surface area contributed by atoms with Gasteiger partial charge in [-0.3, -0.25) is 4.79 Å². The van der Waals surface area contributed by atoms with Gasteiger partial charge in [-0.25, -0.2) is 0 Å². The lowest BCUT2D eigenvalue weighted by molar-refractivity contribution is -0.145. The molecule has 0 aliphatic rings. The number of nitrogens with two attached hydrogens (primary N) is 1. The van der Waals surface area contributed by atoms with Crippen LogP contribution in [0.4, 0.5) is 0 Å². The van der Waals surface area contributed by atoms with Crippen LogP contribution in [0.2, 0.25) is 0 Å². The van der Waals surface area contributed by atoms with Gasteiger partial charge in [-0.1, -0.05) is 13.8 Å². The first-order valence-electron chi connectivity index (χ1n) is 4.99. The molecule has 0 rings (SSSR count). The first-order valence-corrected chi connectivity index (χ1v) is 6.38. The van der Waals surface area contributed by atoms with E-state index in [-0.39, 0.29) is 5.97 Å². The van der Waals surface area contributed by atoms with E-state index in [1.54, 1.807) is 11.8 Å². The number of rotatable bonds is 7. The van der Waals surface area contributed by atoms with Crippen molar-refractivity contribution in [2.24, 2.45) is 11.7 Å². The van der Waals surface area contributed by atoms with Gasteiger partial charge in [0.2, 0.25) is 0 Å². The average molecular weight is 219 g/mol. The Bertz CT molecular complexity index is 162. The quantitative estimate of drug-likeness (QED) is 0.662. The van der Waals surface area contributed by atoms with Gasteiger partial charge in [-0.15, -0.1) is 0 Å². The summed E-state index contributed by atoms with van der Waals surface area (Å²) in [4.78, 5) is 11.3. The van der Waals surface area contributed by atoms with Crippen molar-refractivity contribution in [3.8, 4) is 0 Å². The Morgan fingerprint density at radius 1 is 1.43 bits per heavy atom. The Labute approximate surface area is 90.8 Å². The van der Waals surface area contributed by atoms with Crippen molar-refractivity contribution in [1.82, 2.24) is 0 Å². The Kier molecular flexibility index (Phi) is 7.99. The fourth-order valence-corrected chi connectivity index (χ4v) is 1.35. The molecule has 0 radical (unpaired) electrons. The van der Waals surface area contributed by atoms with Crippen molar-refractivity contribution in [3.05, 3.63) is 0 Å². The van der Waals surface area contributed by atoms with E-state index in [1.165, 1.54) is 0 Å². The van der Waals surface area contributed by atoms with Gasteiger partial charge in [-0.2, -0.15) is 11.8 Å². The summed E-state index contributed by atoms with van der Waals surface area (Å²) >= 11 is 1.69. The molecular weight excluding hydrogens is 198 g/mol. The summed E-state index contributed by atoms with van der Waals surface area (Å²) in [6.07, 6.45) is 3.60. The zero-order chi connectivity index (χ0) is 11.0. The average Bonchev–Trinajstić information content (AvgIpc) is 2.13. The largest absolute Gasteiger partial charge is 0.465 e. The summed E-state index contributed by atoms with van der Waals surface area (Å²) < 4.78 is 5.04. The van der Waals surface area contributed by atoms with Crippen molar-refractivity contribution >= 4 is 17.7 Å². The number of ether oxygens (including phenoxy) is 1. The number of esters is 1. The van der Waals surface area contributed by atoms with Gasteiger partial charge in [0.05, 0.1) is 6.61 Å². The molecule has 0 aromatic rings. The maximum absolute atomic E-state index is 11.3. The van der Waals surface area contributed by atoms with Crippen molar-refractivity contribution in [3.63, 3.8) is 0 Å². The lowest BCUT2D eigenvalue weighted by Gasteiger charge is -2.11. The highest BCUT2D eigenvalue weighted by Crippen LogP contribution is 2.03. The predicted octanol–water partition coefficient (Wildman–Crippen LogP) is 1.66. The molecule has 4 heteroatoms. The van der Waals surface area contributed by atoms with Gasteiger partial charge in [0.15, 0.2) is 0 Å². The van der Waals surface area contributed by atoms with Gasteiger partial charge in [0.1, 0.15) is 6.04 Å². The van der Waals surface area contributed by atoms with Gasteiger partial charge in [-0.05, 0) is 30.8 Å². The molecule has 1 atom stereocenters. The minimum atomic E-state index is -0.449. The van der Waals surface area contributed by atoms with Gasteiger partial charge in [0.25, 0.3) is 0 Å². The second-order valence-corrected chi connectivity index (χ2v) is 4.72.